The molecule has 2 aliphatic rings. The lowest BCUT2D eigenvalue weighted by atomic mass is 10.1. The molecule has 2 heterocycles. The second-order valence-corrected chi connectivity index (χ2v) is 7.59. The maximum Gasteiger partial charge on any atom is 0.0306 e. The highest BCUT2D eigenvalue weighted by Crippen LogP contribution is 2.38. The number of nitrogens with zero attached hydrogens (tertiary/aromatic N) is 1. The summed E-state index contributed by atoms with van der Waals surface area (Å²) in [6, 6.07) is 0. The standard InChI is InChI=1S/C10H19NS2/c1-10(2,3)11-6-8-9(7-11)13-5-4-12-8/h8-9H,4-7H2,1-3H3. The largest absolute Gasteiger partial charge is 0.296 e. The maximum absolute atomic E-state index is 2.65. The van der Waals surface area contributed by atoms with E-state index in [1.807, 2.05) is 0 Å². The fraction of sp³-hybridized carbons (Fsp3) is 1.00. The lowest BCUT2D eigenvalue weighted by Crippen LogP contribution is -2.40. The van der Waals surface area contributed by atoms with Crippen LogP contribution in [0.5, 0.6) is 0 Å². The van der Waals surface area contributed by atoms with Crippen molar-refractivity contribution in [2.75, 3.05) is 24.6 Å². The van der Waals surface area contributed by atoms with Crippen LogP contribution in [0.3, 0.4) is 0 Å². The van der Waals surface area contributed by atoms with Crippen LogP contribution >= 0.6 is 23.5 Å². The van der Waals surface area contributed by atoms with E-state index in [0.717, 1.165) is 10.5 Å². The summed E-state index contributed by atoms with van der Waals surface area (Å²) in [5, 5.41) is 1.83. The predicted molar refractivity (Wildman–Crippen MR) is 63.8 cm³/mol. The minimum absolute atomic E-state index is 0.373. The molecular weight excluding hydrogens is 198 g/mol. The molecule has 13 heavy (non-hydrogen) atoms. The first-order valence-electron chi connectivity index (χ1n) is 5.05. The molecule has 0 aliphatic carbocycles. The highest BCUT2D eigenvalue weighted by Gasteiger charge is 2.39. The van der Waals surface area contributed by atoms with Gasteiger partial charge in [0.05, 0.1) is 0 Å². The smallest absolute Gasteiger partial charge is 0.0306 e. The summed E-state index contributed by atoms with van der Waals surface area (Å²) >= 11 is 4.38. The van der Waals surface area contributed by atoms with Gasteiger partial charge in [0.2, 0.25) is 0 Å². The normalized spacial score (nSPS) is 36.2. The van der Waals surface area contributed by atoms with Gasteiger partial charge in [0.1, 0.15) is 0 Å². The van der Waals surface area contributed by atoms with E-state index in [1.54, 1.807) is 0 Å². The maximum atomic E-state index is 2.65. The summed E-state index contributed by atoms with van der Waals surface area (Å²) in [5.74, 6) is 2.73. The molecule has 0 saturated carbocycles. The van der Waals surface area contributed by atoms with Crippen molar-refractivity contribution in [1.29, 1.82) is 0 Å². The second-order valence-electron chi connectivity index (χ2n) is 4.89. The summed E-state index contributed by atoms with van der Waals surface area (Å²) in [6.07, 6.45) is 0. The van der Waals surface area contributed by atoms with Crippen LogP contribution in [-0.2, 0) is 0 Å². The van der Waals surface area contributed by atoms with Gasteiger partial charge in [-0.3, -0.25) is 4.90 Å². The van der Waals surface area contributed by atoms with Gasteiger partial charge in [0.15, 0.2) is 0 Å². The molecule has 0 aromatic rings. The van der Waals surface area contributed by atoms with E-state index in [2.05, 4.69) is 49.2 Å². The summed E-state index contributed by atoms with van der Waals surface area (Å²) in [6.45, 7) is 9.62. The Morgan fingerprint density at radius 2 is 1.46 bits per heavy atom. The molecule has 2 saturated heterocycles. The minimum atomic E-state index is 0.373. The van der Waals surface area contributed by atoms with E-state index < -0.39 is 0 Å². The molecule has 0 aromatic heterocycles. The van der Waals surface area contributed by atoms with Crippen LogP contribution in [0.25, 0.3) is 0 Å². The first-order valence-corrected chi connectivity index (χ1v) is 7.15. The van der Waals surface area contributed by atoms with Gasteiger partial charge in [-0.2, -0.15) is 23.5 Å². The Labute approximate surface area is 90.0 Å². The molecule has 1 nitrogen and oxygen atoms in total. The van der Waals surface area contributed by atoms with Gasteiger partial charge in [-0.25, -0.2) is 0 Å². The number of hydrogen-bond donors (Lipinski definition) is 0. The molecule has 0 radical (unpaired) electrons. The average molecular weight is 217 g/mol. The Balaban J connectivity index is 1.99. The van der Waals surface area contributed by atoms with Crippen LogP contribution < -0.4 is 0 Å². The highest BCUT2D eigenvalue weighted by atomic mass is 32.2. The van der Waals surface area contributed by atoms with Gasteiger partial charge in [-0.15, -0.1) is 0 Å². The van der Waals surface area contributed by atoms with Crippen molar-refractivity contribution in [2.45, 2.75) is 36.8 Å². The molecule has 3 heteroatoms. The molecule has 2 rings (SSSR count). The van der Waals surface area contributed by atoms with E-state index in [1.165, 1.54) is 24.6 Å². The van der Waals surface area contributed by atoms with Crippen LogP contribution in [0.15, 0.2) is 0 Å². The monoisotopic (exact) mass is 217 g/mol. The van der Waals surface area contributed by atoms with E-state index in [4.69, 9.17) is 0 Å². The molecule has 2 unspecified atom stereocenters. The molecule has 0 N–H and O–H groups in total. The molecule has 0 spiro atoms. The van der Waals surface area contributed by atoms with Gasteiger partial charge >= 0.3 is 0 Å². The SMILES string of the molecule is CC(C)(C)N1CC2SCCSC2C1. The van der Waals surface area contributed by atoms with Crippen LogP contribution in [0, 0.1) is 0 Å². The molecule has 2 fully saturated rings. The summed E-state index contributed by atoms with van der Waals surface area (Å²) in [4.78, 5) is 2.65. The van der Waals surface area contributed by atoms with Gasteiger partial charge in [0, 0.05) is 40.6 Å². The number of hydrogen-bond acceptors (Lipinski definition) is 3. The Morgan fingerprint density at radius 1 is 1.00 bits per heavy atom. The van der Waals surface area contributed by atoms with Crippen molar-refractivity contribution in [2.24, 2.45) is 0 Å². The van der Waals surface area contributed by atoms with Crippen LogP contribution in [0.2, 0.25) is 0 Å². The summed E-state index contributed by atoms with van der Waals surface area (Å²) in [7, 11) is 0. The van der Waals surface area contributed by atoms with Gasteiger partial charge in [0.25, 0.3) is 0 Å². The van der Waals surface area contributed by atoms with Crippen molar-refractivity contribution in [1.82, 2.24) is 4.90 Å². The van der Waals surface area contributed by atoms with Gasteiger partial charge < -0.3 is 0 Å². The van der Waals surface area contributed by atoms with Crippen molar-refractivity contribution in [3.8, 4) is 0 Å². The Bertz CT molecular complexity index is 174. The molecule has 0 amide bonds. The first kappa shape index (κ1) is 10.2. The third-order valence-corrected chi connectivity index (χ3v) is 6.03. The first-order chi connectivity index (χ1) is 6.07. The molecule has 2 atom stereocenters. The molecular formula is C10H19NS2. The van der Waals surface area contributed by atoms with Crippen molar-refractivity contribution in [3.63, 3.8) is 0 Å². The molecule has 0 aromatic carbocycles. The second kappa shape index (κ2) is 3.67. The zero-order chi connectivity index (χ0) is 9.47. The lowest BCUT2D eigenvalue weighted by Gasteiger charge is -2.31. The fourth-order valence-corrected chi connectivity index (χ4v) is 5.03. The zero-order valence-electron chi connectivity index (χ0n) is 8.75. The minimum Gasteiger partial charge on any atom is -0.296 e. The van der Waals surface area contributed by atoms with E-state index in [9.17, 15) is 0 Å². The third kappa shape index (κ3) is 2.18. The van der Waals surface area contributed by atoms with Crippen LogP contribution in [-0.4, -0.2) is 45.5 Å². The Kier molecular flexibility index (Phi) is 2.87. The van der Waals surface area contributed by atoms with Crippen LogP contribution in [0.1, 0.15) is 20.8 Å². The zero-order valence-corrected chi connectivity index (χ0v) is 10.4. The lowest BCUT2D eigenvalue weighted by molar-refractivity contribution is 0.176. The van der Waals surface area contributed by atoms with Crippen molar-refractivity contribution >= 4 is 23.5 Å². The van der Waals surface area contributed by atoms with Crippen LogP contribution in [0.4, 0.5) is 0 Å². The average Bonchev–Trinajstić information content (AvgIpc) is 2.45. The predicted octanol–water partition coefficient (Wildman–Crippen LogP) is 2.32. The number of likely N-dealkylation sites (tertiary alicyclic amines) is 1. The Hall–Kier alpha value is 0.660. The fourth-order valence-electron chi connectivity index (χ4n) is 2.01. The molecule has 76 valence electrons. The number of rotatable bonds is 0. The number of thioether (sulfide) groups is 2. The molecule has 0 bridgehead atoms. The van der Waals surface area contributed by atoms with E-state index >= 15 is 0 Å². The molecule has 2 aliphatic heterocycles. The van der Waals surface area contributed by atoms with Gasteiger partial charge in [-0.1, -0.05) is 0 Å². The number of fused-ring (bicyclic) bond motifs is 1. The summed E-state index contributed by atoms with van der Waals surface area (Å²) in [5.41, 5.74) is 0.373. The van der Waals surface area contributed by atoms with Crippen molar-refractivity contribution < 1.29 is 0 Å². The van der Waals surface area contributed by atoms with E-state index in [-0.39, 0.29) is 0 Å². The Morgan fingerprint density at radius 3 is 1.85 bits per heavy atom. The van der Waals surface area contributed by atoms with Crippen molar-refractivity contribution in [3.05, 3.63) is 0 Å². The van der Waals surface area contributed by atoms with E-state index in [0.29, 0.717) is 5.54 Å². The quantitative estimate of drug-likeness (QED) is 0.613. The van der Waals surface area contributed by atoms with Gasteiger partial charge in [-0.05, 0) is 20.8 Å². The topological polar surface area (TPSA) is 3.24 Å². The third-order valence-electron chi connectivity index (χ3n) is 2.91. The highest BCUT2D eigenvalue weighted by molar-refractivity contribution is 8.07. The summed E-state index contributed by atoms with van der Waals surface area (Å²) < 4.78 is 0.